The Morgan fingerprint density at radius 1 is 1.19 bits per heavy atom. The Labute approximate surface area is 162 Å². The van der Waals surface area contributed by atoms with E-state index >= 15 is 0 Å². The summed E-state index contributed by atoms with van der Waals surface area (Å²) in [4.78, 5) is 17.0. The zero-order valence-electron chi connectivity index (χ0n) is 14.8. The van der Waals surface area contributed by atoms with Crippen molar-refractivity contribution in [3.8, 4) is 11.4 Å². The fourth-order valence-corrected chi connectivity index (χ4v) is 3.32. The van der Waals surface area contributed by atoms with E-state index in [1.54, 1.807) is 12.1 Å². The van der Waals surface area contributed by atoms with Gasteiger partial charge in [0.1, 0.15) is 6.04 Å². The Hall–Kier alpha value is -2.66. The number of hydrogen-bond donors (Lipinski definition) is 1. The maximum atomic E-state index is 12.5. The van der Waals surface area contributed by atoms with Crippen LogP contribution >= 0.6 is 11.6 Å². The molecule has 1 N–H and O–H groups in total. The van der Waals surface area contributed by atoms with Gasteiger partial charge in [0.05, 0.1) is 0 Å². The number of aromatic nitrogens is 2. The number of halogens is 1. The second-order valence-corrected chi connectivity index (χ2v) is 7.28. The minimum Gasteiger partial charge on any atom is -0.344 e. The van der Waals surface area contributed by atoms with Crippen LogP contribution in [0.25, 0.3) is 11.4 Å². The highest BCUT2D eigenvalue weighted by Gasteiger charge is 2.29. The fourth-order valence-electron chi connectivity index (χ4n) is 3.13. The van der Waals surface area contributed by atoms with Gasteiger partial charge in [0.25, 0.3) is 0 Å². The second-order valence-electron chi connectivity index (χ2n) is 6.85. The molecule has 2 aromatic carbocycles. The van der Waals surface area contributed by atoms with Crippen molar-refractivity contribution in [2.45, 2.75) is 31.7 Å². The minimum absolute atomic E-state index is 0.0599. The molecule has 0 saturated heterocycles. The lowest BCUT2D eigenvalue weighted by Gasteiger charge is -2.26. The summed E-state index contributed by atoms with van der Waals surface area (Å²) in [5, 5.41) is 7.79. The van der Waals surface area contributed by atoms with Crippen LogP contribution in [0.3, 0.4) is 0 Å². The summed E-state index contributed by atoms with van der Waals surface area (Å²) in [5.74, 6) is 1.02. The van der Waals surface area contributed by atoms with Gasteiger partial charge in [0, 0.05) is 22.9 Å². The van der Waals surface area contributed by atoms with Crippen molar-refractivity contribution in [2.24, 2.45) is 5.92 Å². The van der Waals surface area contributed by atoms with Crippen LogP contribution < -0.4 is 5.32 Å². The average Bonchev–Trinajstić information content (AvgIpc) is 3.11. The highest BCUT2D eigenvalue weighted by molar-refractivity contribution is 6.30. The van der Waals surface area contributed by atoms with E-state index in [1.807, 2.05) is 42.5 Å². The van der Waals surface area contributed by atoms with Crippen molar-refractivity contribution >= 4 is 17.5 Å². The largest absolute Gasteiger partial charge is 0.344 e. The molecule has 6 heteroatoms. The van der Waals surface area contributed by atoms with Crippen molar-refractivity contribution in [3.05, 3.63) is 71.1 Å². The molecule has 1 saturated carbocycles. The summed E-state index contributed by atoms with van der Waals surface area (Å²) in [7, 11) is 0. The van der Waals surface area contributed by atoms with E-state index in [0.717, 1.165) is 30.4 Å². The first-order chi connectivity index (χ1) is 13.2. The summed E-state index contributed by atoms with van der Waals surface area (Å²) in [6.45, 7) is 0. The summed E-state index contributed by atoms with van der Waals surface area (Å²) >= 11 is 6.05. The molecule has 0 aliphatic heterocycles. The van der Waals surface area contributed by atoms with Crippen LogP contribution in [-0.2, 0) is 11.2 Å². The molecule has 1 aliphatic rings. The summed E-state index contributed by atoms with van der Waals surface area (Å²) < 4.78 is 5.51. The summed E-state index contributed by atoms with van der Waals surface area (Å²) in [6, 6.07) is 16.9. The number of benzene rings is 2. The molecule has 1 heterocycles. The van der Waals surface area contributed by atoms with E-state index in [1.165, 1.54) is 0 Å². The first kappa shape index (κ1) is 17.7. The predicted octanol–water partition coefficient (Wildman–Crippen LogP) is 4.59. The minimum atomic E-state index is -0.360. The van der Waals surface area contributed by atoms with Gasteiger partial charge in [-0.25, -0.2) is 0 Å². The molecule has 27 heavy (non-hydrogen) atoms. The standard InChI is InChI=1S/C21H20ClN3O2/c22-17-11-5-10-16(13-17)19-24-21(27-25-19)18(12-14-6-2-1-3-7-14)23-20(26)15-8-4-9-15/h1-3,5-7,10-11,13,15,18H,4,8-9,12H2,(H,23,26). The monoisotopic (exact) mass is 381 g/mol. The summed E-state index contributed by atoms with van der Waals surface area (Å²) in [6.07, 6.45) is 3.60. The molecule has 0 bridgehead atoms. The molecular formula is C21H20ClN3O2. The van der Waals surface area contributed by atoms with E-state index in [-0.39, 0.29) is 17.9 Å². The molecule has 4 rings (SSSR count). The second kappa shape index (κ2) is 7.92. The van der Waals surface area contributed by atoms with E-state index in [0.29, 0.717) is 23.2 Å². The van der Waals surface area contributed by atoms with Gasteiger partial charge in [-0.05, 0) is 30.5 Å². The van der Waals surface area contributed by atoms with E-state index in [2.05, 4.69) is 15.5 Å². The van der Waals surface area contributed by atoms with E-state index < -0.39 is 0 Å². The van der Waals surface area contributed by atoms with Crippen LogP contribution in [0.1, 0.15) is 36.8 Å². The average molecular weight is 382 g/mol. The van der Waals surface area contributed by atoms with Gasteiger partial charge in [-0.1, -0.05) is 65.6 Å². The first-order valence-corrected chi connectivity index (χ1v) is 9.50. The maximum Gasteiger partial charge on any atom is 0.249 e. The van der Waals surface area contributed by atoms with Crippen LogP contribution in [-0.4, -0.2) is 16.0 Å². The molecule has 1 unspecified atom stereocenters. The molecule has 0 radical (unpaired) electrons. The topological polar surface area (TPSA) is 68.0 Å². The van der Waals surface area contributed by atoms with Gasteiger partial charge in [0.2, 0.25) is 17.6 Å². The molecule has 0 spiro atoms. The number of amides is 1. The molecule has 5 nitrogen and oxygen atoms in total. The third-order valence-electron chi connectivity index (χ3n) is 4.90. The molecule has 1 aromatic heterocycles. The molecule has 1 atom stereocenters. The highest BCUT2D eigenvalue weighted by atomic mass is 35.5. The van der Waals surface area contributed by atoms with Crippen LogP contribution in [0.2, 0.25) is 5.02 Å². The van der Waals surface area contributed by atoms with Crippen LogP contribution in [0.5, 0.6) is 0 Å². The lowest BCUT2D eigenvalue weighted by atomic mass is 9.84. The van der Waals surface area contributed by atoms with Gasteiger partial charge in [-0.15, -0.1) is 0 Å². The van der Waals surface area contributed by atoms with Crippen molar-refractivity contribution in [2.75, 3.05) is 0 Å². The number of carbonyl (C=O) groups is 1. The molecule has 3 aromatic rings. The number of rotatable bonds is 6. The first-order valence-electron chi connectivity index (χ1n) is 9.13. The van der Waals surface area contributed by atoms with Crippen molar-refractivity contribution < 1.29 is 9.32 Å². The molecule has 1 aliphatic carbocycles. The van der Waals surface area contributed by atoms with Crippen molar-refractivity contribution in [3.63, 3.8) is 0 Å². The zero-order chi connectivity index (χ0) is 18.6. The lowest BCUT2D eigenvalue weighted by molar-refractivity contribution is -0.128. The van der Waals surface area contributed by atoms with Gasteiger partial charge in [-0.3, -0.25) is 4.79 Å². The number of nitrogens with one attached hydrogen (secondary N) is 1. The zero-order valence-corrected chi connectivity index (χ0v) is 15.5. The molecule has 1 fully saturated rings. The number of carbonyl (C=O) groups excluding carboxylic acids is 1. The Morgan fingerprint density at radius 2 is 2.00 bits per heavy atom. The summed E-state index contributed by atoms with van der Waals surface area (Å²) in [5.41, 5.74) is 1.88. The van der Waals surface area contributed by atoms with E-state index in [4.69, 9.17) is 16.1 Å². The molecule has 138 valence electrons. The third kappa shape index (κ3) is 4.19. The van der Waals surface area contributed by atoms with Gasteiger partial charge >= 0.3 is 0 Å². The lowest BCUT2D eigenvalue weighted by Crippen LogP contribution is -2.37. The Bertz CT molecular complexity index is 922. The number of hydrogen-bond acceptors (Lipinski definition) is 4. The smallest absolute Gasteiger partial charge is 0.249 e. The Morgan fingerprint density at radius 3 is 2.70 bits per heavy atom. The van der Waals surface area contributed by atoms with Crippen LogP contribution in [0.4, 0.5) is 0 Å². The van der Waals surface area contributed by atoms with Gasteiger partial charge in [-0.2, -0.15) is 4.98 Å². The maximum absolute atomic E-state index is 12.5. The number of nitrogens with zero attached hydrogens (tertiary/aromatic N) is 2. The fraction of sp³-hybridized carbons (Fsp3) is 0.286. The van der Waals surface area contributed by atoms with Crippen LogP contribution in [0.15, 0.2) is 59.1 Å². The third-order valence-corrected chi connectivity index (χ3v) is 5.13. The van der Waals surface area contributed by atoms with Gasteiger partial charge in [0.15, 0.2) is 0 Å². The van der Waals surface area contributed by atoms with Crippen LogP contribution in [0, 0.1) is 5.92 Å². The predicted molar refractivity (Wildman–Crippen MR) is 103 cm³/mol. The van der Waals surface area contributed by atoms with E-state index in [9.17, 15) is 4.79 Å². The molecule has 1 amide bonds. The SMILES string of the molecule is O=C(NC(Cc1ccccc1)c1nc(-c2cccc(Cl)c2)no1)C1CCC1. The normalized spacial score (nSPS) is 15.1. The van der Waals surface area contributed by atoms with Crippen molar-refractivity contribution in [1.82, 2.24) is 15.5 Å². The van der Waals surface area contributed by atoms with Gasteiger partial charge < -0.3 is 9.84 Å². The van der Waals surface area contributed by atoms with Crippen molar-refractivity contribution in [1.29, 1.82) is 0 Å². The Kier molecular flexibility index (Phi) is 5.21. The quantitative estimate of drug-likeness (QED) is 0.678. The Balaban J connectivity index is 1.58. The molecular weight excluding hydrogens is 362 g/mol. The highest BCUT2D eigenvalue weighted by Crippen LogP contribution is 2.28.